The van der Waals surface area contributed by atoms with Gasteiger partial charge in [-0.3, -0.25) is 0 Å². The van der Waals surface area contributed by atoms with E-state index in [1.165, 1.54) is 11.1 Å². The topological polar surface area (TPSA) is 47.6 Å². The molecule has 0 amide bonds. The molecule has 0 unspecified atom stereocenters. The molecule has 0 aliphatic carbocycles. The zero-order chi connectivity index (χ0) is 17.4. The lowest BCUT2D eigenvalue weighted by Crippen LogP contribution is -2.20. The van der Waals surface area contributed by atoms with Crippen LogP contribution < -0.4 is 0 Å². The van der Waals surface area contributed by atoms with Crippen molar-refractivity contribution < 1.29 is 0 Å². The highest BCUT2D eigenvalue weighted by atomic mass is 14.3. The molecule has 2 aromatic rings. The van der Waals surface area contributed by atoms with Crippen LogP contribution in [0.25, 0.3) is 0 Å². The summed E-state index contributed by atoms with van der Waals surface area (Å²) < 4.78 is 0. The Labute approximate surface area is 139 Å². The smallest absolute Gasteiger partial charge is 0.0997 e. The fourth-order valence-corrected chi connectivity index (χ4v) is 3.17. The first-order valence-electron chi connectivity index (χ1n) is 7.76. The zero-order valence-electron chi connectivity index (χ0n) is 14.7. The second-order valence-electron chi connectivity index (χ2n) is 6.82. The molecule has 0 atom stereocenters. The van der Waals surface area contributed by atoms with Crippen molar-refractivity contribution in [2.75, 3.05) is 0 Å². The highest BCUT2D eigenvalue weighted by Crippen LogP contribution is 2.35. The monoisotopic (exact) mass is 302 g/mol. The maximum atomic E-state index is 9.26. The Bertz CT molecular complexity index is 741. The highest BCUT2D eigenvalue weighted by molar-refractivity contribution is 5.53. The number of nitrogens with zero attached hydrogens (tertiary/aromatic N) is 2. The second-order valence-corrected chi connectivity index (χ2v) is 6.82. The number of hydrogen-bond donors (Lipinski definition) is 0. The van der Waals surface area contributed by atoms with E-state index in [1.807, 2.05) is 27.7 Å². The van der Waals surface area contributed by atoms with E-state index in [1.54, 1.807) is 0 Å². The molecule has 2 nitrogen and oxygen atoms in total. The maximum Gasteiger partial charge on any atom is 0.0997 e. The van der Waals surface area contributed by atoms with Gasteiger partial charge in [0, 0.05) is 5.41 Å². The third-order valence-electron chi connectivity index (χ3n) is 4.73. The van der Waals surface area contributed by atoms with Gasteiger partial charge in [0.05, 0.1) is 23.3 Å². The van der Waals surface area contributed by atoms with E-state index in [0.29, 0.717) is 0 Å². The molecule has 0 saturated carbocycles. The van der Waals surface area contributed by atoms with Gasteiger partial charge in [0.2, 0.25) is 0 Å². The fourth-order valence-electron chi connectivity index (χ4n) is 3.17. The van der Waals surface area contributed by atoms with Gasteiger partial charge in [-0.05, 0) is 61.1 Å². The van der Waals surface area contributed by atoms with Crippen molar-refractivity contribution in [3.8, 4) is 12.1 Å². The van der Waals surface area contributed by atoms with Crippen molar-refractivity contribution >= 4 is 0 Å². The molecule has 0 aliphatic rings. The lowest BCUT2D eigenvalue weighted by Gasteiger charge is -2.28. The van der Waals surface area contributed by atoms with Gasteiger partial charge in [0.25, 0.3) is 0 Å². The van der Waals surface area contributed by atoms with E-state index >= 15 is 0 Å². The van der Waals surface area contributed by atoms with Crippen molar-refractivity contribution in [1.82, 2.24) is 0 Å². The molecule has 0 fully saturated rings. The molecule has 0 aliphatic heterocycles. The Morgan fingerprint density at radius 3 is 1.13 bits per heavy atom. The summed E-state index contributed by atoms with van der Waals surface area (Å²) in [5.41, 5.74) is 7.76. The Kier molecular flexibility index (Phi) is 4.31. The molecular formula is C21H22N2. The third kappa shape index (κ3) is 2.86. The lowest BCUT2D eigenvalue weighted by atomic mass is 9.75. The van der Waals surface area contributed by atoms with Gasteiger partial charge in [0.15, 0.2) is 0 Å². The number of benzene rings is 2. The summed E-state index contributed by atoms with van der Waals surface area (Å²) in [6, 6.07) is 13.0. The molecule has 0 saturated heterocycles. The van der Waals surface area contributed by atoms with E-state index in [0.717, 1.165) is 33.4 Å². The minimum Gasteiger partial charge on any atom is -0.192 e. The predicted molar refractivity (Wildman–Crippen MR) is 93.4 cm³/mol. The van der Waals surface area contributed by atoms with Gasteiger partial charge >= 0.3 is 0 Å². The first kappa shape index (κ1) is 16.8. The molecule has 0 spiro atoms. The van der Waals surface area contributed by atoms with E-state index < -0.39 is 0 Å². The molecule has 2 aromatic carbocycles. The predicted octanol–water partition coefficient (Wildman–Crippen LogP) is 4.99. The number of aryl methyl sites for hydroxylation is 4. The van der Waals surface area contributed by atoms with Crippen LogP contribution in [-0.4, -0.2) is 0 Å². The first-order chi connectivity index (χ1) is 10.7. The van der Waals surface area contributed by atoms with Crippen LogP contribution in [0.15, 0.2) is 24.3 Å². The summed E-state index contributed by atoms with van der Waals surface area (Å²) >= 11 is 0. The molecule has 23 heavy (non-hydrogen) atoms. The second kappa shape index (κ2) is 5.90. The Balaban J connectivity index is 2.64. The highest BCUT2D eigenvalue weighted by Gasteiger charge is 2.25. The van der Waals surface area contributed by atoms with Gasteiger partial charge in [-0.15, -0.1) is 0 Å². The van der Waals surface area contributed by atoms with Gasteiger partial charge in [-0.25, -0.2) is 0 Å². The summed E-state index contributed by atoms with van der Waals surface area (Å²) in [6.07, 6.45) is 0. The van der Waals surface area contributed by atoms with Crippen molar-refractivity contribution in [1.29, 1.82) is 10.5 Å². The quantitative estimate of drug-likeness (QED) is 0.784. The summed E-state index contributed by atoms with van der Waals surface area (Å²) in [4.78, 5) is 0. The summed E-state index contributed by atoms with van der Waals surface area (Å²) in [6.45, 7) is 12.3. The normalized spacial score (nSPS) is 11.0. The van der Waals surface area contributed by atoms with Crippen LogP contribution in [0, 0.1) is 50.4 Å². The minimum absolute atomic E-state index is 0.187. The molecular weight excluding hydrogens is 280 g/mol. The van der Waals surface area contributed by atoms with Gasteiger partial charge in [0.1, 0.15) is 0 Å². The van der Waals surface area contributed by atoms with Gasteiger partial charge < -0.3 is 0 Å². The van der Waals surface area contributed by atoms with Crippen molar-refractivity contribution in [3.63, 3.8) is 0 Å². The lowest BCUT2D eigenvalue weighted by molar-refractivity contribution is 0.638. The van der Waals surface area contributed by atoms with Crippen LogP contribution in [0.3, 0.4) is 0 Å². The number of hydrogen-bond acceptors (Lipinski definition) is 2. The maximum absolute atomic E-state index is 9.26. The first-order valence-corrected chi connectivity index (χ1v) is 7.76. The molecule has 0 radical (unpaired) electrons. The average Bonchev–Trinajstić information content (AvgIpc) is 2.46. The van der Waals surface area contributed by atoms with Gasteiger partial charge in [-0.2, -0.15) is 10.5 Å². The molecule has 0 heterocycles. The fraction of sp³-hybridized carbons (Fsp3) is 0.333. The number of rotatable bonds is 2. The van der Waals surface area contributed by atoms with Crippen LogP contribution in [0.2, 0.25) is 0 Å². The summed E-state index contributed by atoms with van der Waals surface area (Å²) in [7, 11) is 0. The Morgan fingerprint density at radius 2 is 0.913 bits per heavy atom. The molecule has 0 N–H and O–H groups in total. The van der Waals surface area contributed by atoms with E-state index in [4.69, 9.17) is 0 Å². The summed E-state index contributed by atoms with van der Waals surface area (Å²) in [5.74, 6) is 0. The zero-order valence-corrected chi connectivity index (χ0v) is 14.7. The molecule has 0 bridgehead atoms. The van der Waals surface area contributed by atoms with E-state index in [-0.39, 0.29) is 5.41 Å². The van der Waals surface area contributed by atoms with Crippen molar-refractivity contribution in [2.24, 2.45) is 0 Å². The van der Waals surface area contributed by atoms with Crippen LogP contribution in [0.5, 0.6) is 0 Å². The molecule has 2 heteroatoms. The van der Waals surface area contributed by atoms with Crippen molar-refractivity contribution in [2.45, 2.75) is 47.0 Å². The molecule has 116 valence electrons. The summed E-state index contributed by atoms with van der Waals surface area (Å²) in [5, 5.41) is 18.5. The third-order valence-corrected chi connectivity index (χ3v) is 4.73. The Hall–Kier alpha value is -2.58. The van der Waals surface area contributed by atoms with Crippen molar-refractivity contribution in [3.05, 3.63) is 68.8 Å². The molecule has 2 rings (SSSR count). The SMILES string of the molecule is Cc1cc(C(C)(C)c2cc(C)c(C#N)c(C)c2)cc(C)c1C#N. The van der Waals surface area contributed by atoms with Crippen LogP contribution in [-0.2, 0) is 5.41 Å². The van der Waals surface area contributed by atoms with Gasteiger partial charge in [-0.1, -0.05) is 38.1 Å². The number of nitriles is 2. The van der Waals surface area contributed by atoms with Crippen LogP contribution in [0.4, 0.5) is 0 Å². The minimum atomic E-state index is -0.187. The van der Waals surface area contributed by atoms with E-state index in [2.05, 4.69) is 50.3 Å². The molecule has 0 aromatic heterocycles. The standard InChI is InChI=1S/C21H22N2/c1-13-7-17(8-14(2)19(13)11-22)21(5,6)18-9-15(3)20(12-23)16(4)10-18/h7-10H,1-6H3. The average molecular weight is 302 g/mol. The Morgan fingerprint density at radius 1 is 0.652 bits per heavy atom. The largest absolute Gasteiger partial charge is 0.192 e. The van der Waals surface area contributed by atoms with Crippen LogP contribution >= 0.6 is 0 Å². The van der Waals surface area contributed by atoms with E-state index in [9.17, 15) is 10.5 Å². The van der Waals surface area contributed by atoms with Crippen LogP contribution in [0.1, 0.15) is 58.4 Å².